The molecule has 14 heavy (non-hydrogen) atoms. The van der Waals surface area contributed by atoms with Gasteiger partial charge in [0.15, 0.2) is 0 Å². The topological polar surface area (TPSA) is 48.3 Å². The highest BCUT2D eigenvalue weighted by atomic mass is 16.5. The second-order valence-corrected chi connectivity index (χ2v) is 3.15. The molecular formula is C9H17N3O2. The van der Waals surface area contributed by atoms with Gasteiger partial charge in [-0.25, -0.2) is 0 Å². The third-order valence-electron chi connectivity index (χ3n) is 1.81. The summed E-state index contributed by atoms with van der Waals surface area (Å²) >= 11 is 0. The van der Waals surface area contributed by atoms with E-state index in [1.54, 1.807) is 25.1 Å². The highest BCUT2D eigenvalue weighted by molar-refractivity contribution is 5.39. The maximum atomic E-state index is 5.07. The molecule has 0 radical (unpaired) electrons. The van der Waals surface area contributed by atoms with Crippen LogP contribution in [0.5, 0.6) is 0 Å². The highest BCUT2D eigenvalue weighted by Crippen LogP contribution is 2.06. The average Bonchev–Trinajstić information content (AvgIpc) is 2.52. The van der Waals surface area contributed by atoms with Crippen molar-refractivity contribution in [3.05, 3.63) is 12.4 Å². The number of aryl methyl sites for hydroxylation is 1. The van der Waals surface area contributed by atoms with Crippen LogP contribution in [0.15, 0.2) is 12.4 Å². The zero-order chi connectivity index (χ0) is 10.4. The van der Waals surface area contributed by atoms with Gasteiger partial charge in [-0.2, -0.15) is 5.10 Å². The van der Waals surface area contributed by atoms with Gasteiger partial charge in [-0.15, -0.1) is 0 Å². The second kappa shape index (κ2) is 5.62. The summed E-state index contributed by atoms with van der Waals surface area (Å²) in [5, 5.41) is 7.33. The van der Waals surface area contributed by atoms with Gasteiger partial charge in [-0.3, -0.25) is 4.68 Å². The number of nitrogens with zero attached hydrogens (tertiary/aromatic N) is 2. The summed E-state index contributed by atoms with van der Waals surface area (Å²) in [6, 6.07) is 0.161. The smallest absolute Gasteiger partial charge is 0.0730 e. The van der Waals surface area contributed by atoms with Gasteiger partial charge in [0, 0.05) is 27.5 Å². The molecule has 0 aliphatic heterocycles. The molecule has 0 aliphatic carbocycles. The Labute approximate surface area is 84.0 Å². The van der Waals surface area contributed by atoms with E-state index in [4.69, 9.17) is 9.47 Å². The standard InChI is InChI=1S/C9H17N3O2/c1-12-5-8(4-10-12)11-9(6-13-2)7-14-3/h4-5,9,11H,6-7H2,1-3H3. The van der Waals surface area contributed by atoms with Gasteiger partial charge < -0.3 is 14.8 Å². The molecule has 5 nitrogen and oxygen atoms in total. The molecule has 1 heterocycles. The molecular weight excluding hydrogens is 182 g/mol. The van der Waals surface area contributed by atoms with Crippen molar-refractivity contribution in [1.82, 2.24) is 9.78 Å². The van der Waals surface area contributed by atoms with Crippen molar-refractivity contribution >= 4 is 5.69 Å². The molecule has 0 bridgehead atoms. The molecule has 1 N–H and O–H groups in total. The lowest BCUT2D eigenvalue weighted by Crippen LogP contribution is -2.29. The van der Waals surface area contributed by atoms with Crippen LogP contribution >= 0.6 is 0 Å². The van der Waals surface area contributed by atoms with Crippen molar-refractivity contribution in [2.45, 2.75) is 6.04 Å². The molecule has 0 fully saturated rings. The SMILES string of the molecule is COCC(COC)Nc1cnn(C)c1. The Morgan fingerprint density at radius 1 is 1.43 bits per heavy atom. The van der Waals surface area contributed by atoms with Crippen molar-refractivity contribution in [2.75, 3.05) is 32.8 Å². The first kappa shape index (κ1) is 11.0. The zero-order valence-corrected chi connectivity index (χ0v) is 8.86. The van der Waals surface area contributed by atoms with E-state index >= 15 is 0 Å². The number of aromatic nitrogens is 2. The molecule has 1 aromatic heterocycles. The Morgan fingerprint density at radius 2 is 2.07 bits per heavy atom. The summed E-state index contributed by atoms with van der Waals surface area (Å²) in [7, 11) is 5.23. The number of anilines is 1. The number of ether oxygens (including phenoxy) is 2. The van der Waals surface area contributed by atoms with Crippen LogP contribution in [0.25, 0.3) is 0 Å². The minimum absolute atomic E-state index is 0.161. The minimum Gasteiger partial charge on any atom is -0.382 e. The summed E-state index contributed by atoms with van der Waals surface area (Å²) in [5.41, 5.74) is 0.978. The maximum Gasteiger partial charge on any atom is 0.0730 e. The van der Waals surface area contributed by atoms with Gasteiger partial charge in [0.05, 0.1) is 31.1 Å². The van der Waals surface area contributed by atoms with Crippen LogP contribution in [0.3, 0.4) is 0 Å². The fraction of sp³-hybridized carbons (Fsp3) is 0.667. The first-order valence-corrected chi connectivity index (χ1v) is 4.49. The summed E-state index contributed by atoms with van der Waals surface area (Å²) in [5.74, 6) is 0. The lowest BCUT2D eigenvalue weighted by molar-refractivity contribution is 0.126. The van der Waals surface area contributed by atoms with Crippen LogP contribution in [-0.2, 0) is 16.5 Å². The molecule has 0 aliphatic rings. The molecule has 0 saturated heterocycles. The van der Waals surface area contributed by atoms with E-state index in [0.717, 1.165) is 5.69 Å². The van der Waals surface area contributed by atoms with Crippen molar-refractivity contribution in [3.63, 3.8) is 0 Å². The van der Waals surface area contributed by atoms with Gasteiger partial charge in [-0.1, -0.05) is 0 Å². The van der Waals surface area contributed by atoms with Crippen LogP contribution in [0, 0.1) is 0 Å². The highest BCUT2D eigenvalue weighted by Gasteiger charge is 2.08. The van der Waals surface area contributed by atoms with E-state index in [9.17, 15) is 0 Å². The molecule has 0 atom stereocenters. The lowest BCUT2D eigenvalue weighted by Gasteiger charge is -2.16. The zero-order valence-electron chi connectivity index (χ0n) is 8.86. The van der Waals surface area contributed by atoms with Gasteiger partial charge >= 0.3 is 0 Å². The fourth-order valence-corrected chi connectivity index (χ4v) is 1.27. The van der Waals surface area contributed by atoms with E-state index < -0.39 is 0 Å². The van der Waals surface area contributed by atoms with Gasteiger partial charge in [0.1, 0.15) is 0 Å². The van der Waals surface area contributed by atoms with Crippen LogP contribution < -0.4 is 5.32 Å². The van der Waals surface area contributed by atoms with Gasteiger partial charge in [0.25, 0.3) is 0 Å². The number of hydrogen-bond acceptors (Lipinski definition) is 4. The number of nitrogens with one attached hydrogen (secondary N) is 1. The molecule has 0 unspecified atom stereocenters. The van der Waals surface area contributed by atoms with E-state index in [1.807, 2.05) is 13.2 Å². The molecule has 1 rings (SSSR count). The third kappa shape index (κ3) is 3.35. The molecule has 80 valence electrons. The van der Waals surface area contributed by atoms with Gasteiger partial charge in [0.2, 0.25) is 0 Å². The Bertz CT molecular complexity index is 256. The second-order valence-electron chi connectivity index (χ2n) is 3.15. The largest absolute Gasteiger partial charge is 0.382 e. The van der Waals surface area contributed by atoms with Crippen molar-refractivity contribution in [1.29, 1.82) is 0 Å². The van der Waals surface area contributed by atoms with Crippen LogP contribution in [0.1, 0.15) is 0 Å². The minimum atomic E-state index is 0.161. The Kier molecular flexibility index (Phi) is 4.42. The van der Waals surface area contributed by atoms with Crippen molar-refractivity contribution in [2.24, 2.45) is 7.05 Å². The van der Waals surface area contributed by atoms with E-state index in [0.29, 0.717) is 13.2 Å². The Morgan fingerprint density at radius 3 is 2.50 bits per heavy atom. The number of hydrogen-bond donors (Lipinski definition) is 1. The van der Waals surface area contributed by atoms with Gasteiger partial charge in [-0.05, 0) is 0 Å². The van der Waals surface area contributed by atoms with Crippen molar-refractivity contribution < 1.29 is 9.47 Å². The summed E-state index contributed by atoms with van der Waals surface area (Å²) in [6.45, 7) is 1.23. The predicted molar refractivity (Wildman–Crippen MR) is 54.4 cm³/mol. The summed E-state index contributed by atoms with van der Waals surface area (Å²) in [6.07, 6.45) is 3.69. The number of methoxy groups -OCH3 is 2. The predicted octanol–water partition coefficient (Wildman–Crippen LogP) is 0.493. The summed E-state index contributed by atoms with van der Waals surface area (Å²) < 4.78 is 11.9. The molecule has 1 aromatic rings. The fourth-order valence-electron chi connectivity index (χ4n) is 1.27. The molecule has 5 heteroatoms. The normalized spacial score (nSPS) is 10.9. The van der Waals surface area contributed by atoms with Crippen molar-refractivity contribution in [3.8, 4) is 0 Å². The van der Waals surface area contributed by atoms with Crippen LogP contribution in [-0.4, -0.2) is 43.3 Å². The third-order valence-corrected chi connectivity index (χ3v) is 1.81. The maximum absolute atomic E-state index is 5.07. The van der Waals surface area contributed by atoms with Crippen LogP contribution in [0.2, 0.25) is 0 Å². The number of rotatable bonds is 6. The first-order chi connectivity index (χ1) is 6.76. The molecule has 0 saturated carbocycles. The Hall–Kier alpha value is -1.07. The lowest BCUT2D eigenvalue weighted by atomic mass is 10.3. The first-order valence-electron chi connectivity index (χ1n) is 4.49. The molecule has 0 spiro atoms. The van der Waals surface area contributed by atoms with Crippen LogP contribution in [0.4, 0.5) is 5.69 Å². The quantitative estimate of drug-likeness (QED) is 0.724. The van der Waals surface area contributed by atoms with E-state index in [1.165, 1.54) is 0 Å². The Balaban J connectivity index is 2.46. The molecule has 0 amide bonds. The average molecular weight is 199 g/mol. The molecule has 0 aromatic carbocycles. The summed E-state index contributed by atoms with van der Waals surface area (Å²) in [4.78, 5) is 0. The monoisotopic (exact) mass is 199 g/mol. The van der Waals surface area contributed by atoms with E-state index in [2.05, 4.69) is 10.4 Å². The van der Waals surface area contributed by atoms with E-state index in [-0.39, 0.29) is 6.04 Å².